The average Bonchev–Trinajstić information content (AvgIpc) is 1.63. The topological polar surface area (TPSA) is 66.2 Å². The van der Waals surface area contributed by atoms with Crippen molar-refractivity contribution in [3.8, 4) is 0 Å². The quantitative estimate of drug-likeness (QED) is 0.514. The van der Waals surface area contributed by atoms with Crippen LogP contribution in [0, 0.1) is 5.92 Å². The zero-order valence-corrected chi connectivity index (χ0v) is 5.39. The highest BCUT2D eigenvalue weighted by atomic mass is 16.3. The minimum Gasteiger partial charge on any atom is -0.876 e. The molecule has 1 unspecified atom stereocenters. The van der Waals surface area contributed by atoms with Gasteiger partial charge < -0.3 is 10.8 Å². The third-order valence-electron chi connectivity index (χ3n) is 1.06. The molecule has 1 atom stereocenters. The lowest BCUT2D eigenvalue weighted by molar-refractivity contribution is -0.313. The van der Waals surface area contributed by atoms with Crippen molar-refractivity contribution in [2.75, 3.05) is 0 Å². The maximum absolute atomic E-state index is 10.4. The molecule has 0 saturated carbocycles. The van der Waals surface area contributed by atoms with Crippen LogP contribution in [-0.4, -0.2) is 5.91 Å². The van der Waals surface area contributed by atoms with E-state index < -0.39 is 5.91 Å². The van der Waals surface area contributed by atoms with Gasteiger partial charge in [-0.05, 0) is 5.92 Å². The van der Waals surface area contributed by atoms with E-state index in [1.807, 2.05) is 0 Å². The Labute approximate surface area is 54.2 Å². The van der Waals surface area contributed by atoms with Crippen molar-refractivity contribution in [2.24, 2.45) is 11.7 Å². The van der Waals surface area contributed by atoms with Gasteiger partial charge in [0.25, 0.3) is 0 Å². The van der Waals surface area contributed by atoms with Gasteiger partial charge in [-0.3, -0.25) is 4.79 Å². The van der Waals surface area contributed by atoms with E-state index in [0.29, 0.717) is 0 Å². The molecule has 3 heteroatoms. The summed E-state index contributed by atoms with van der Waals surface area (Å²) in [6.07, 6.45) is 0.0995. The SMILES string of the molecule is C=C([O-])C(C)CC(N)=O. The Morgan fingerprint density at radius 1 is 1.89 bits per heavy atom. The van der Waals surface area contributed by atoms with E-state index in [2.05, 4.69) is 6.58 Å². The second-order valence-corrected chi connectivity index (χ2v) is 2.04. The van der Waals surface area contributed by atoms with Gasteiger partial charge >= 0.3 is 0 Å². The van der Waals surface area contributed by atoms with Gasteiger partial charge in [0.2, 0.25) is 5.91 Å². The molecule has 0 heterocycles. The van der Waals surface area contributed by atoms with E-state index in [1.54, 1.807) is 6.92 Å². The Morgan fingerprint density at radius 3 is 2.44 bits per heavy atom. The summed E-state index contributed by atoms with van der Waals surface area (Å²) in [5, 5.41) is 10.4. The summed E-state index contributed by atoms with van der Waals surface area (Å²) in [7, 11) is 0. The lowest BCUT2D eigenvalue weighted by Gasteiger charge is -2.16. The van der Waals surface area contributed by atoms with Crippen LogP contribution in [0.4, 0.5) is 0 Å². The first-order chi connectivity index (χ1) is 4.04. The maximum atomic E-state index is 10.4. The highest BCUT2D eigenvalue weighted by Crippen LogP contribution is 2.04. The van der Waals surface area contributed by atoms with Gasteiger partial charge in [-0.25, -0.2) is 0 Å². The van der Waals surface area contributed by atoms with Crippen LogP contribution in [0.15, 0.2) is 12.3 Å². The van der Waals surface area contributed by atoms with Crippen LogP contribution in [-0.2, 0) is 4.79 Å². The number of carbonyl (C=O) groups is 1. The largest absolute Gasteiger partial charge is 0.876 e. The summed E-state index contributed by atoms with van der Waals surface area (Å²) < 4.78 is 0. The van der Waals surface area contributed by atoms with Gasteiger partial charge in [-0.15, -0.1) is 12.3 Å². The summed E-state index contributed by atoms with van der Waals surface area (Å²) >= 11 is 0. The molecule has 0 aliphatic carbocycles. The van der Waals surface area contributed by atoms with E-state index >= 15 is 0 Å². The highest BCUT2D eigenvalue weighted by molar-refractivity contribution is 5.74. The Morgan fingerprint density at radius 2 is 2.33 bits per heavy atom. The number of hydrogen-bond acceptors (Lipinski definition) is 2. The van der Waals surface area contributed by atoms with Crippen molar-refractivity contribution in [2.45, 2.75) is 13.3 Å². The van der Waals surface area contributed by atoms with Crippen LogP contribution < -0.4 is 10.8 Å². The van der Waals surface area contributed by atoms with Crippen molar-refractivity contribution < 1.29 is 9.90 Å². The number of allylic oxidation sites excluding steroid dienone is 1. The molecule has 1 amide bonds. The van der Waals surface area contributed by atoms with E-state index in [9.17, 15) is 9.90 Å². The first kappa shape index (κ1) is 8.01. The number of nitrogens with two attached hydrogens (primary N) is 1. The molecule has 52 valence electrons. The van der Waals surface area contributed by atoms with Crippen molar-refractivity contribution in [3.05, 3.63) is 12.3 Å². The smallest absolute Gasteiger partial charge is 0.217 e. The van der Waals surface area contributed by atoms with Crippen LogP contribution in [0.5, 0.6) is 0 Å². The first-order valence-corrected chi connectivity index (χ1v) is 2.68. The molecule has 9 heavy (non-hydrogen) atoms. The molecule has 0 fully saturated rings. The standard InChI is InChI=1S/C6H11NO2/c1-4(5(2)8)3-6(7)9/h4,8H,2-3H2,1H3,(H2,7,9)/p-1. The molecule has 0 aliphatic heterocycles. The minimum absolute atomic E-state index is 0.0995. The molecule has 0 aromatic carbocycles. The number of carbonyl (C=O) groups excluding carboxylic acids is 1. The van der Waals surface area contributed by atoms with Gasteiger partial charge in [0.15, 0.2) is 0 Å². The monoisotopic (exact) mass is 128 g/mol. The molecule has 0 saturated heterocycles. The predicted octanol–water partition coefficient (Wildman–Crippen LogP) is -0.628. The van der Waals surface area contributed by atoms with Crippen molar-refractivity contribution in [3.63, 3.8) is 0 Å². The van der Waals surface area contributed by atoms with Gasteiger partial charge in [-0.1, -0.05) is 6.92 Å². The normalized spacial score (nSPS) is 12.6. The molecular formula is C6H10NO2-. The van der Waals surface area contributed by atoms with Crippen LogP contribution in [0.25, 0.3) is 0 Å². The average molecular weight is 128 g/mol. The lowest BCUT2D eigenvalue weighted by Crippen LogP contribution is -2.19. The summed E-state index contributed by atoms with van der Waals surface area (Å²) in [4.78, 5) is 10.2. The summed E-state index contributed by atoms with van der Waals surface area (Å²) in [5.74, 6) is -1.03. The Balaban J connectivity index is 3.63. The first-order valence-electron chi connectivity index (χ1n) is 2.68. The maximum Gasteiger partial charge on any atom is 0.217 e. The van der Waals surface area contributed by atoms with E-state index in [-0.39, 0.29) is 18.1 Å². The third-order valence-corrected chi connectivity index (χ3v) is 1.06. The summed E-state index contributed by atoms with van der Waals surface area (Å²) in [6, 6.07) is 0. The molecule has 0 rings (SSSR count). The van der Waals surface area contributed by atoms with Gasteiger partial charge in [-0.2, -0.15) is 0 Å². The Kier molecular flexibility index (Phi) is 2.78. The number of rotatable bonds is 3. The lowest BCUT2D eigenvalue weighted by atomic mass is 10.1. The van der Waals surface area contributed by atoms with Crippen LogP contribution in [0.3, 0.4) is 0 Å². The zero-order valence-electron chi connectivity index (χ0n) is 5.39. The molecule has 3 nitrogen and oxygen atoms in total. The number of amides is 1. The second-order valence-electron chi connectivity index (χ2n) is 2.04. The second kappa shape index (κ2) is 3.12. The van der Waals surface area contributed by atoms with Crippen LogP contribution in [0.1, 0.15) is 13.3 Å². The van der Waals surface area contributed by atoms with Gasteiger partial charge in [0.05, 0.1) is 0 Å². The fraction of sp³-hybridized carbons (Fsp3) is 0.500. The fourth-order valence-electron chi connectivity index (χ4n) is 0.416. The molecule has 0 aromatic rings. The minimum atomic E-state index is -0.459. The van der Waals surface area contributed by atoms with Crippen molar-refractivity contribution >= 4 is 5.91 Å². The molecule has 0 radical (unpaired) electrons. The molecule has 0 aromatic heterocycles. The molecule has 0 bridgehead atoms. The third kappa shape index (κ3) is 3.58. The van der Waals surface area contributed by atoms with Crippen molar-refractivity contribution in [1.82, 2.24) is 0 Å². The van der Waals surface area contributed by atoms with Crippen LogP contribution in [0.2, 0.25) is 0 Å². The fourth-order valence-corrected chi connectivity index (χ4v) is 0.416. The summed E-state index contributed by atoms with van der Waals surface area (Å²) in [5.41, 5.74) is 4.81. The highest BCUT2D eigenvalue weighted by Gasteiger charge is 2.01. The molecular weight excluding hydrogens is 118 g/mol. The van der Waals surface area contributed by atoms with Crippen molar-refractivity contribution in [1.29, 1.82) is 0 Å². The van der Waals surface area contributed by atoms with Gasteiger partial charge in [0.1, 0.15) is 0 Å². The van der Waals surface area contributed by atoms with Gasteiger partial charge in [0, 0.05) is 6.42 Å². The predicted molar refractivity (Wildman–Crippen MR) is 32.1 cm³/mol. The summed E-state index contributed by atoms with van der Waals surface area (Å²) in [6.45, 7) is 4.77. The zero-order chi connectivity index (χ0) is 7.44. The number of hydrogen-bond donors (Lipinski definition) is 1. The molecule has 0 spiro atoms. The van der Waals surface area contributed by atoms with E-state index in [4.69, 9.17) is 5.73 Å². The van der Waals surface area contributed by atoms with E-state index in [0.717, 1.165) is 0 Å². The Hall–Kier alpha value is -0.990. The van der Waals surface area contributed by atoms with Crippen LogP contribution >= 0.6 is 0 Å². The molecule has 2 N–H and O–H groups in total. The molecule has 0 aliphatic rings. The van der Waals surface area contributed by atoms with E-state index in [1.165, 1.54) is 0 Å². The number of primary amides is 1. The Bertz CT molecular complexity index is 131.